The summed E-state index contributed by atoms with van der Waals surface area (Å²) in [4.78, 5) is 13.6. The number of likely N-dealkylation sites (tertiary alicyclic amines) is 1. The third-order valence-corrected chi connectivity index (χ3v) is 5.46. The van der Waals surface area contributed by atoms with Gasteiger partial charge in [-0.2, -0.15) is 0 Å². The van der Waals surface area contributed by atoms with Gasteiger partial charge in [0.15, 0.2) is 0 Å². The molecule has 19 heavy (non-hydrogen) atoms. The van der Waals surface area contributed by atoms with Crippen molar-refractivity contribution in [3.05, 3.63) is 0 Å². The van der Waals surface area contributed by atoms with Gasteiger partial charge in [-0.1, -0.05) is 19.3 Å². The molecule has 2 rings (SSSR count). The number of carbonyl (C=O) groups is 1. The van der Waals surface area contributed by atoms with Crippen LogP contribution in [0.5, 0.6) is 0 Å². The van der Waals surface area contributed by atoms with Crippen LogP contribution in [-0.4, -0.2) is 35.6 Å². The molecule has 1 spiro atoms. The zero-order valence-electron chi connectivity index (χ0n) is 12.6. The first-order valence-electron chi connectivity index (χ1n) is 7.89. The Labute approximate surface area is 117 Å². The zero-order chi connectivity index (χ0) is 13.9. The number of carboxylic acids is 1. The summed E-state index contributed by atoms with van der Waals surface area (Å²) in [5.74, 6) is -0.673. The Morgan fingerprint density at radius 1 is 1.11 bits per heavy atom. The molecule has 0 aromatic rings. The highest BCUT2D eigenvalue weighted by molar-refractivity contribution is 5.73. The highest BCUT2D eigenvalue weighted by Gasteiger charge is 2.36. The molecule has 2 fully saturated rings. The maximum Gasteiger partial charge on any atom is 0.309 e. The molecule has 0 radical (unpaired) electrons. The maximum atomic E-state index is 11.1. The maximum absolute atomic E-state index is 11.1. The molecule has 0 bridgehead atoms. The number of piperidine rings is 1. The van der Waals surface area contributed by atoms with Crippen LogP contribution < -0.4 is 0 Å². The first-order valence-corrected chi connectivity index (χ1v) is 7.89. The Morgan fingerprint density at radius 3 is 2.21 bits per heavy atom. The van der Waals surface area contributed by atoms with Crippen LogP contribution in [0.2, 0.25) is 0 Å². The van der Waals surface area contributed by atoms with Crippen molar-refractivity contribution >= 4 is 5.97 Å². The molecule has 2 aliphatic rings. The molecule has 1 aliphatic carbocycles. The largest absolute Gasteiger partial charge is 0.481 e. The highest BCUT2D eigenvalue weighted by atomic mass is 16.4. The predicted octanol–water partition coefficient (Wildman–Crippen LogP) is 3.53. The Hall–Kier alpha value is -0.570. The van der Waals surface area contributed by atoms with E-state index in [1.54, 1.807) is 0 Å². The Bertz CT molecular complexity index is 309. The van der Waals surface area contributed by atoms with Gasteiger partial charge in [0.1, 0.15) is 0 Å². The number of hydrogen-bond acceptors (Lipinski definition) is 2. The number of rotatable bonds is 4. The monoisotopic (exact) mass is 267 g/mol. The normalized spacial score (nSPS) is 24.5. The lowest BCUT2D eigenvalue weighted by atomic mass is 9.68. The van der Waals surface area contributed by atoms with Crippen molar-refractivity contribution in [1.29, 1.82) is 0 Å². The third kappa shape index (κ3) is 3.71. The van der Waals surface area contributed by atoms with E-state index in [1.807, 2.05) is 13.8 Å². The average molecular weight is 267 g/mol. The minimum absolute atomic E-state index is 0.583. The van der Waals surface area contributed by atoms with Crippen molar-refractivity contribution in [3.63, 3.8) is 0 Å². The van der Waals surface area contributed by atoms with Crippen LogP contribution in [0, 0.1) is 10.8 Å². The molecule has 1 N–H and O–H groups in total. The molecule has 110 valence electrons. The summed E-state index contributed by atoms with van der Waals surface area (Å²) < 4.78 is 0. The van der Waals surface area contributed by atoms with Crippen molar-refractivity contribution in [2.75, 3.05) is 19.6 Å². The van der Waals surface area contributed by atoms with Gasteiger partial charge in [0.25, 0.3) is 0 Å². The predicted molar refractivity (Wildman–Crippen MR) is 77.2 cm³/mol. The van der Waals surface area contributed by atoms with E-state index in [9.17, 15) is 4.79 Å². The van der Waals surface area contributed by atoms with Gasteiger partial charge in [-0.05, 0) is 71.0 Å². The van der Waals surface area contributed by atoms with Gasteiger partial charge in [-0.15, -0.1) is 0 Å². The average Bonchev–Trinajstić information content (AvgIpc) is 2.39. The SMILES string of the molecule is CC(C)(CCN1CCC2(CCCCC2)CC1)C(=O)O. The van der Waals surface area contributed by atoms with Crippen LogP contribution in [-0.2, 0) is 4.79 Å². The molecule has 3 nitrogen and oxygen atoms in total. The molecule has 3 heteroatoms. The van der Waals surface area contributed by atoms with Crippen molar-refractivity contribution in [2.45, 2.75) is 65.2 Å². The van der Waals surface area contributed by atoms with E-state index < -0.39 is 11.4 Å². The van der Waals surface area contributed by atoms with E-state index in [1.165, 1.54) is 58.0 Å². The topological polar surface area (TPSA) is 40.5 Å². The summed E-state index contributed by atoms with van der Waals surface area (Å²) in [5, 5.41) is 9.15. The lowest BCUT2D eigenvalue weighted by Gasteiger charge is -2.44. The van der Waals surface area contributed by atoms with Crippen LogP contribution >= 0.6 is 0 Å². The van der Waals surface area contributed by atoms with Gasteiger partial charge in [-0.25, -0.2) is 0 Å². The fourth-order valence-corrected chi connectivity index (χ4v) is 3.60. The van der Waals surface area contributed by atoms with Crippen LogP contribution in [0.15, 0.2) is 0 Å². The van der Waals surface area contributed by atoms with Crippen LogP contribution in [0.3, 0.4) is 0 Å². The van der Waals surface area contributed by atoms with E-state index in [-0.39, 0.29) is 0 Å². The van der Waals surface area contributed by atoms with E-state index in [4.69, 9.17) is 5.11 Å². The number of carboxylic acid groups (broad SMARTS) is 1. The smallest absolute Gasteiger partial charge is 0.309 e. The van der Waals surface area contributed by atoms with Crippen molar-refractivity contribution in [2.24, 2.45) is 10.8 Å². The molecule has 0 unspecified atom stereocenters. The highest BCUT2D eigenvalue weighted by Crippen LogP contribution is 2.44. The molecule has 0 atom stereocenters. The molecule has 1 aliphatic heterocycles. The van der Waals surface area contributed by atoms with Crippen molar-refractivity contribution in [3.8, 4) is 0 Å². The van der Waals surface area contributed by atoms with Crippen LogP contribution in [0.25, 0.3) is 0 Å². The molecule has 0 aromatic carbocycles. The number of nitrogens with zero attached hydrogens (tertiary/aromatic N) is 1. The second-order valence-corrected chi connectivity index (χ2v) is 7.34. The lowest BCUT2D eigenvalue weighted by Crippen LogP contribution is -2.42. The number of aliphatic carboxylic acids is 1. The summed E-state index contributed by atoms with van der Waals surface area (Å²) in [6.45, 7) is 6.96. The van der Waals surface area contributed by atoms with Gasteiger partial charge >= 0.3 is 5.97 Å². The Kier molecular flexibility index (Phi) is 4.54. The van der Waals surface area contributed by atoms with Crippen molar-refractivity contribution < 1.29 is 9.90 Å². The number of hydrogen-bond donors (Lipinski definition) is 1. The first-order chi connectivity index (χ1) is 8.94. The molecular formula is C16H29NO2. The quantitative estimate of drug-likeness (QED) is 0.847. The fourth-order valence-electron chi connectivity index (χ4n) is 3.60. The van der Waals surface area contributed by atoms with Gasteiger partial charge in [0.05, 0.1) is 5.41 Å². The van der Waals surface area contributed by atoms with Gasteiger partial charge in [0.2, 0.25) is 0 Å². The molecule has 1 heterocycles. The Balaban J connectivity index is 1.76. The van der Waals surface area contributed by atoms with E-state index in [2.05, 4.69) is 4.90 Å². The molecule has 1 saturated heterocycles. The van der Waals surface area contributed by atoms with Crippen molar-refractivity contribution in [1.82, 2.24) is 4.90 Å². The van der Waals surface area contributed by atoms with Gasteiger partial charge in [-0.3, -0.25) is 4.79 Å². The molecular weight excluding hydrogens is 238 g/mol. The molecule has 0 amide bonds. The summed E-state index contributed by atoms with van der Waals surface area (Å²) in [6, 6.07) is 0. The second-order valence-electron chi connectivity index (χ2n) is 7.34. The van der Waals surface area contributed by atoms with E-state index in [0.717, 1.165) is 13.0 Å². The fraction of sp³-hybridized carbons (Fsp3) is 0.938. The van der Waals surface area contributed by atoms with E-state index >= 15 is 0 Å². The minimum atomic E-state index is -0.673. The summed E-state index contributed by atoms with van der Waals surface area (Å²) in [6.07, 6.45) is 10.6. The summed E-state index contributed by atoms with van der Waals surface area (Å²) in [5.41, 5.74) is 0.0665. The minimum Gasteiger partial charge on any atom is -0.481 e. The third-order valence-electron chi connectivity index (χ3n) is 5.46. The molecule has 1 saturated carbocycles. The summed E-state index contributed by atoms with van der Waals surface area (Å²) >= 11 is 0. The first kappa shape index (κ1) is 14.8. The Morgan fingerprint density at radius 2 is 1.68 bits per heavy atom. The standard InChI is InChI=1S/C16H29NO2/c1-15(2,14(18)19)8-11-17-12-9-16(10-13-17)6-4-3-5-7-16/h3-13H2,1-2H3,(H,18,19). The summed E-state index contributed by atoms with van der Waals surface area (Å²) in [7, 11) is 0. The van der Waals surface area contributed by atoms with Crippen LogP contribution in [0.4, 0.5) is 0 Å². The lowest BCUT2D eigenvalue weighted by molar-refractivity contribution is -0.147. The zero-order valence-corrected chi connectivity index (χ0v) is 12.6. The van der Waals surface area contributed by atoms with Gasteiger partial charge < -0.3 is 10.0 Å². The van der Waals surface area contributed by atoms with E-state index in [0.29, 0.717) is 5.41 Å². The second kappa shape index (κ2) is 5.82. The van der Waals surface area contributed by atoms with Gasteiger partial charge in [0, 0.05) is 0 Å². The molecule has 0 aromatic heterocycles. The van der Waals surface area contributed by atoms with Crippen LogP contribution in [0.1, 0.15) is 65.2 Å².